The molecule has 234 valence electrons. The molecule has 1 amide bonds. The summed E-state index contributed by atoms with van der Waals surface area (Å²) < 4.78 is 17.4. The SMILES string of the molecule is COCC(=O)N1CCN2C(CN(Cc3c(OC)nc(C4CC4)nc3OC(C)C)CC2C(c2ccccc2)c2ccccc2)C1. The van der Waals surface area contributed by atoms with E-state index in [4.69, 9.17) is 24.2 Å². The summed E-state index contributed by atoms with van der Waals surface area (Å²) in [4.78, 5) is 29.8. The van der Waals surface area contributed by atoms with Crippen molar-refractivity contribution in [2.75, 3.05) is 53.6 Å². The molecular weight excluding hydrogens is 554 g/mol. The Balaban J connectivity index is 1.37. The van der Waals surface area contributed by atoms with E-state index in [0.717, 1.165) is 43.9 Å². The van der Waals surface area contributed by atoms with E-state index in [0.29, 0.717) is 37.3 Å². The first-order chi connectivity index (χ1) is 21.4. The summed E-state index contributed by atoms with van der Waals surface area (Å²) >= 11 is 0. The first kappa shape index (κ1) is 30.5. The van der Waals surface area contributed by atoms with Crippen molar-refractivity contribution in [1.82, 2.24) is 24.7 Å². The predicted molar refractivity (Wildman–Crippen MR) is 169 cm³/mol. The fourth-order valence-electron chi connectivity index (χ4n) is 6.87. The number of hydrogen-bond acceptors (Lipinski definition) is 8. The van der Waals surface area contributed by atoms with Gasteiger partial charge < -0.3 is 19.1 Å². The van der Waals surface area contributed by atoms with Crippen molar-refractivity contribution in [3.63, 3.8) is 0 Å². The molecule has 0 radical (unpaired) electrons. The molecule has 9 heteroatoms. The lowest BCUT2D eigenvalue weighted by Gasteiger charge is -2.53. The maximum absolute atomic E-state index is 12.9. The molecule has 0 N–H and O–H groups in total. The predicted octanol–water partition coefficient (Wildman–Crippen LogP) is 4.33. The van der Waals surface area contributed by atoms with E-state index in [1.165, 1.54) is 11.1 Å². The molecule has 1 saturated carbocycles. The normalized spacial score (nSPS) is 21.0. The fraction of sp³-hybridized carbons (Fsp3) is 0.514. The first-order valence-electron chi connectivity index (χ1n) is 15.9. The highest BCUT2D eigenvalue weighted by molar-refractivity contribution is 5.77. The molecule has 2 atom stereocenters. The minimum absolute atomic E-state index is 0.0238. The number of carbonyl (C=O) groups excluding carboxylic acids is 1. The minimum Gasteiger partial charge on any atom is -0.481 e. The van der Waals surface area contributed by atoms with Gasteiger partial charge in [0.2, 0.25) is 17.7 Å². The lowest BCUT2D eigenvalue weighted by Crippen LogP contribution is -2.67. The Bertz CT molecular complexity index is 1360. The molecule has 2 aliphatic heterocycles. The topological polar surface area (TPSA) is 80.3 Å². The van der Waals surface area contributed by atoms with Crippen molar-refractivity contribution in [1.29, 1.82) is 0 Å². The van der Waals surface area contributed by atoms with Gasteiger partial charge in [-0.05, 0) is 37.8 Å². The molecule has 2 aromatic carbocycles. The summed E-state index contributed by atoms with van der Waals surface area (Å²) in [5.74, 6) is 2.62. The van der Waals surface area contributed by atoms with Crippen LogP contribution in [0.15, 0.2) is 60.7 Å². The van der Waals surface area contributed by atoms with Crippen LogP contribution in [-0.2, 0) is 16.1 Å². The van der Waals surface area contributed by atoms with Gasteiger partial charge in [0.05, 0.1) is 18.8 Å². The van der Waals surface area contributed by atoms with Crippen LogP contribution in [0.3, 0.4) is 0 Å². The fourth-order valence-corrected chi connectivity index (χ4v) is 6.87. The van der Waals surface area contributed by atoms with E-state index >= 15 is 0 Å². The molecule has 6 rings (SSSR count). The maximum atomic E-state index is 12.9. The Morgan fingerprint density at radius 1 is 0.886 bits per heavy atom. The van der Waals surface area contributed by atoms with E-state index in [1.807, 2.05) is 18.7 Å². The van der Waals surface area contributed by atoms with Crippen LogP contribution >= 0.6 is 0 Å². The third kappa shape index (κ3) is 6.75. The number of nitrogens with zero attached hydrogens (tertiary/aromatic N) is 5. The van der Waals surface area contributed by atoms with Crippen molar-refractivity contribution in [3.05, 3.63) is 83.2 Å². The lowest BCUT2D eigenvalue weighted by molar-refractivity contribution is -0.140. The summed E-state index contributed by atoms with van der Waals surface area (Å²) in [6.07, 6.45) is 2.19. The first-order valence-corrected chi connectivity index (χ1v) is 15.9. The molecule has 44 heavy (non-hydrogen) atoms. The van der Waals surface area contributed by atoms with Crippen molar-refractivity contribution < 1.29 is 19.0 Å². The van der Waals surface area contributed by atoms with Crippen LogP contribution in [0.4, 0.5) is 0 Å². The van der Waals surface area contributed by atoms with Crippen molar-refractivity contribution in [2.45, 2.75) is 63.3 Å². The van der Waals surface area contributed by atoms with Crippen LogP contribution in [0, 0.1) is 0 Å². The third-order valence-electron chi connectivity index (χ3n) is 9.00. The molecule has 3 aromatic rings. The average molecular weight is 600 g/mol. The van der Waals surface area contributed by atoms with E-state index in [1.54, 1.807) is 14.2 Å². The second kappa shape index (κ2) is 13.6. The smallest absolute Gasteiger partial charge is 0.248 e. The van der Waals surface area contributed by atoms with E-state index in [9.17, 15) is 4.79 Å². The van der Waals surface area contributed by atoms with Crippen LogP contribution in [-0.4, -0.2) is 102 Å². The molecule has 2 unspecified atom stereocenters. The van der Waals surface area contributed by atoms with Gasteiger partial charge in [-0.2, -0.15) is 9.97 Å². The van der Waals surface area contributed by atoms with Crippen molar-refractivity contribution in [3.8, 4) is 11.8 Å². The molecule has 3 heterocycles. The number of aromatic nitrogens is 2. The van der Waals surface area contributed by atoms with E-state index in [2.05, 4.69) is 70.5 Å². The van der Waals surface area contributed by atoms with Gasteiger partial charge in [0.15, 0.2) is 0 Å². The van der Waals surface area contributed by atoms with Gasteiger partial charge in [-0.15, -0.1) is 0 Å². The average Bonchev–Trinajstić information content (AvgIpc) is 3.88. The van der Waals surface area contributed by atoms with Gasteiger partial charge >= 0.3 is 0 Å². The molecule has 3 aliphatic rings. The van der Waals surface area contributed by atoms with Crippen molar-refractivity contribution in [2.24, 2.45) is 0 Å². The monoisotopic (exact) mass is 599 g/mol. The van der Waals surface area contributed by atoms with Crippen LogP contribution in [0.5, 0.6) is 11.8 Å². The standard InChI is InChI=1S/C35H45N5O4/c1-24(2)44-35-29(34(43-4)36-33(37-35)27-15-16-27)21-38-19-28-20-39(31(41)23-42-3)17-18-40(28)30(22-38)32(25-11-7-5-8-12-25)26-13-9-6-10-14-26/h5-14,24,27-28,30,32H,15-23H2,1-4H3. The van der Waals surface area contributed by atoms with E-state index in [-0.39, 0.29) is 36.6 Å². The number of rotatable bonds is 11. The van der Waals surface area contributed by atoms with Crippen LogP contribution in [0.2, 0.25) is 0 Å². The Morgan fingerprint density at radius 3 is 2.14 bits per heavy atom. The Kier molecular flexibility index (Phi) is 9.44. The molecule has 1 aliphatic carbocycles. The Hall–Kier alpha value is -3.53. The van der Waals surface area contributed by atoms with Gasteiger partial charge in [-0.3, -0.25) is 14.6 Å². The van der Waals surface area contributed by atoms with Gasteiger partial charge in [0.1, 0.15) is 12.4 Å². The largest absolute Gasteiger partial charge is 0.481 e. The zero-order valence-electron chi connectivity index (χ0n) is 26.4. The second-order valence-corrected chi connectivity index (χ2v) is 12.5. The third-order valence-corrected chi connectivity index (χ3v) is 9.00. The van der Waals surface area contributed by atoms with E-state index < -0.39 is 0 Å². The highest BCUT2D eigenvalue weighted by atomic mass is 16.5. The molecule has 0 spiro atoms. The number of ether oxygens (including phenoxy) is 3. The highest BCUT2D eigenvalue weighted by Gasteiger charge is 2.43. The summed E-state index contributed by atoms with van der Waals surface area (Å²) in [6, 6.07) is 22.0. The second-order valence-electron chi connectivity index (χ2n) is 12.5. The molecule has 3 fully saturated rings. The molecule has 1 aromatic heterocycles. The summed E-state index contributed by atoms with van der Waals surface area (Å²) in [7, 11) is 3.27. The van der Waals surface area contributed by atoms with Crippen LogP contribution < -0.4 is 9.47 Å². The molecular formula is C35H45N5O4. The number of amides is 1. The number of hydrogen-bond donors (Lipinski definition) is 0. The number of fused-ring (bicyclic) bond motifs is 1. The number of benzene rings is 2. The van der Waals surface area contributed by atoms with Gasteiger partial charge in [-0.25, -0.2) is 0 Å². The lowest BCUT2D eigenvalue weighted by atomic mass is 9.81. The number of carbonyl (C=O) groups is 1. The Morgan fingerprint density at radius 2 is 1.55 bits per heavy atom. The van der Waals surface area contributed by atoms with Crippen LogP contribution in [0.1, 0.15) is 61.0 Å². The van der Waals surface area contributed by atoms with Crippen molar-refractivity contribution >= 4 is 5.91 Å². The Labute approximate surface area is 261 Å². The van der Waals surface area contributed by atoms with Gasteiger partial charge in [0.25, 0.3) is 0 Å². The zero-order chi connectivity index (χ0) is 30.6. The van der Waals surface area contributed by atoms with Gasteiger partial charge in [-0.1, -0.05) is 60.7 Å². The summed E-state index contributed by atoms with van der Waals surface area (Å²) in [6.45, 7) is 8.58. The molecule has 9 nitrogen and oxygen atoms in total. The summed E-state index contributed by atoms with van der Waals surface area (Å²) in [5.41, 5.74) is 3.47. The quantitative estimate of drug-likeness (QED) is 0.323. The number of piperazine rings is 2. The van der Waals surface area contributed by atoms with Gasteiger partial charge in [0, 0.05) is 70.3 Å². The molecule has 0 bridgehead atoms. The zero-order valence-corrected chi connectivity index (χ0v) is 26.4. The maximum Gasteiger partial charge on any atom is 0.248 e. The molecule has 2 saturated heterocycles. The highest BCUT2D eigenvalue weighted by Crippen LogP contribution is 2.42. The number of methoxy groups -OCH3 is 2. The minimum atomic E-state index is -0.0238. The van der Waals surface area contributed by atoms with Crippen LogP contribution in [0.25, 0.3) is 0 Å². The summed E-state index contributed by atoms with van der Waals surface area (Å²) in [5, 5.41) is 0.